The van der Waals surface area contributed by atoms with Crippen LogP contribution in [0.3, 0.4) is 0 Å². The average molecular weight is 253 g/mol. The minimum Gasteiger partial charge on any atom is -0.394 e. The van der Waals surface area contributed by atoms with Crippen LogP contribution in [0.5, 0.6) is 0 Å². The van der Waals surface area contributed by atoms with Crippen LogP contribution in [-0.2, 0) is 10.3 Å². The standard InChI is InChI=1S/C14H23NO3/c1-14(17,13-6-3-2-4-7-13)12-15-8-5-10-18-11-9-16/h2-4,6-7,15-17H,5,8-12H2,1H3. The highest BCUT2D eigenvalue weighted by Crippen LogP contribution is 2.18. The lowest BCUT2D eigenvalue weighted by molar-refractivity contribution is 0.0550. The Morgan fingerprint density at radius 3 is 2.61 bits per heavy atom. The molecule has 0 radical (unpaired) electrons. The molecule has 0 saturated carbocycles. The second-order valence-electron chi connectivity index (χ2n) is 4.51. The predicted octanol–water partition coefficient (Wildman–Crippen LogP) is 0.883. The van der Waals surface area contributed by atoms with Crippen molar-refractivity contribution in [1.29, 1.82) is 0 Å². The number of hydrogen-bond acceptors (Lipinski definition) is 4. The molecule has 0 bridgehead atoms. The Balaban J connectivity index is 2.18. The van der Waals surface area contributed by atoms with Crippen molar-refractivity contribution >= 4 is 0 Å². The number of aliphatic hydroxyl groups is 2. The van der Waals surface area contributed by atoms with E-state index in [-0.39, 0.29) is 6.61 Å². The number of aliphatic hydroxyl groups excluding tert-OH is 1. The van der Waals surface area contributed by atoms with Gasteiger partial charge in [0.15, 0.2) is 0 Å². The zero-order valence-electron chi connectivity index (χ0n) is 10.9. The van der Waals surface area contributed by atoms with Crippen molar-refractivity contribution in [2.45, 2.75) is 18.9 Å². The summed E-state index contributed by atoms with van der Waals surface area (Å²) in [7, 11) is 0. The topological polar surface area (TPSA) is 61.7 Å². The summed E-state index contributed by atoms with van der Waals surface area (Å²) in [6.45, 7) is 4.18. The molecule has 3 N–H and O–H groups in total. The molecular weight excluding hydrogens is 230 g/mol. The summed E-state index contributed by atoms with van der Waals surface area (Å²) in [5, 5.41) is 22.0. The van der Waals surface area contributed by atoms with Crippen molar-refractivity contribution in [1.82, 2.24) is 5.32 Å². The molecule has 1 unspecified atom stereocenters. The van der Waals surface area contributed by atoms with Crippen molar-refractivity contribution in [2.75, 3.05) is 32.9 Å². The van der Waals surface area contributed by atoms with E-state index in [2.05, 4.69) is 5.32 Å². The van der Waals surface area contributed by atoms with Gasteiger partial charge in [0.1, 0.15) is 0 Å². The molecule has 0 aliphatic rings. The molecule has 0 aromatic heterocycles. The Kier molecular flexibility index (Phi) is 6.90. The predicted molar refractivity (Wildman–Crippen MR) is 71.4 cm³/mol. The molecule has 0 aliphatic carbocycles. The second kappa shape index (κ2) is 8.21. The third-order valence-corrected chi connectivity index (χ3v) is 2.74. The first-order valence-corrected chi connectivity index (χ1v) is 6.34. The highest BCUT2D eigenvalue weighted by atomic mass is 16.5. The van der Waals surface area contributed by atoms with Gasteiger partial charge in [-0.05, 0) is 25.5 Å². The highest BCUT2D eigenvalue weighted by molar-refractivity contribution is 5.21. The van der Waals surface area contributed by atoms with Crippen LogP contribution in [0.4, 0.5) is 0 Å². The lowest BCUT2D eigenvalue weighted by Gasteiger charge is -2.24. The van der Waals surface area contributed by atoms with Crippen LogP contribution < -0.4 is 5.32 Å². The van der Waals surface area contributed by atoms with Crippen molar-refractivity contribution in [3.8, 4) is 0 Å². The molecule has 0 aliphatic heterocycles. The molecule has 0 saturated heterocycles. The summed E-state index contributed by atoms with van der Waals surface area (Å²) in [6.07, 6.45) is 0.866. The summed E-state index contributed by atoms with van der Waals surface area (Å²) in [6, 6.07) is 9.63. The molecular formula is C14H23NO3. The fraction of sp³-hybridized carbons (Fsp3) is 0.571. The second-order valence-corrected chi connectivity index (χ2v) is 4.51. The quantitative estimate of drug-likeness (QED) is 0.572. The molecule has 0 amide bonds. The van der Waals surface area contributed by atoms with Gasteiger partial charge >= 0.3 is 0 Å². The molecule has 18 heavy (non-hydrogen) atoms. The molecule has 4 heteroatoms. The van der Waals surface area contributed by atoms with E-state index in [0.29, 0.717) is 19.8 Å². The van der Waals surface area contributed by atoms with Crippen LogP contribution >= 0.6 is 0 Å². The first-order chi connectivity index (χ1) is 8.67. The molecule has 0 heterocycles. The highest BCUT2D eigenvalue weighted by Gasteiger charge is 2.21. The maximum atomic E-state index is 10.3. The van der Waals surface area contributed by atoms with Crippen molar-refractivity contribution in [3.63, 3.8) is 0 Å². The summed E-state index contributed by atoms with van der Waals surface area (Å²) in [5.74, 6) is 0. The van der Waals surface area contributed by atoms with Gasteiger partial charge in [-0.25, -0.2) is 0 Å². The smallest absolute Gasteiger partial charge is 0.0992 e. The number of rotatable bonds is 9. The average Bonchev–Trinajstić information content (AvgIpc) is 2.39. The molecule has 1 aromatic carbocycles. The van der Waals surface area contributed by atoms with Crippen molar-refractivity contribution < 1.29 is 14.9 Å². The van der Waals surface area contributed by atoms with Gasteiger partial charge in [-0.15, -0.1) is 0 Å². The van der Waals surface area contributed by atoms with Crippen LogP contribution in [0, 0.1) is 0 Å². The number of benzene rings is 1. The SMILES string of the molecule is CC(O)(CNCCCOCCO)c1ccccc1. The minimum atomic E-state index is -0.854. The third-order valence-electron chi connectivity index (χ3n) is 2.74. The Morgan fingerprint density at radius 1 is 1.22 bits per heavy atom. The van der Waals surface area contributed by atoms with Gasteiger partial charge in [-0.2, -0.15) is 0 Å². The van der Waals surface area contributed by atoms with Crippen molar-refractivity contribution in [3.05, 3.63) is 35.9 Å². The van der Waals surface area contributed by atoms with Crippen LogP contribution in [0.25, 0.3) is 0 Å². The molecule has 1 atom stereocenters. The fourth-order valence-corrected chi connectivity index (χ4v) is 1.70. The summed E-state index contributed by atoms with van der Waals surface area (Å²) >= 11 is 0. The molecule has 0 spiro atoms. The van der Waals surface area contributed by atoms with Gasteiger partial charge in [0.05, 0.1) is 18.8 Å². The van der Waals surface area contributed by atoms with E-state index in [1.807, 2.05) is 30.3 Å². The number of ether oxygens (including phenoxy) is 1. The lowest BCUT2D eigenvalue weighted by Crippen LogP contribution is -2.36. The molecule has 0 fully saturated rings. The van der Waals surface area contributed by atoms with Gasteiger partial charge in [0.2, 0.25) is 0 Å². The summed E-state index contributed by atoms with van der Waals surface area (Å²) in [4.78, 5) is 0. The van der Waals surface area contributed by atoms with Gasteiger partial charge in [-0.3, -0.25) is 0 Å². The van der Waals surface area contributed by atoms with E-state index in [4.69, 9.17) is 9.84 Å². The Hall–Kier alpha value is -0.940. The van der Waals surface area contributed by atoms with Gasteiger partial charge < -0.3 is 20.3 Å². The van der Waals surface area contributed by atoms with Gasteiger partial charge in [0.25, 0.3) is 0 Å². The minimum absolute atomic E-state index is 0.0656. The van der Waals surface area contributed by atoms with E-state index < -0.39 is 5.60 Å². The third kappa shape index (κ3) is 5.60. The fourth-order valence-electron chi connectivity index (χ4n) is 1.70. The molecule has 102 valence electrons. The Labute approximate surface area is 109 Å². The molecule has 4 nitrogen and oxygen atoms in total. The first-order valence-electron chi connectivity index (χ1n) is 6.34. The van der Waals surface area contributed by atoms with Gasteiger partial charge in [0, 0.05) is 13.2 Å². The maximum Gasteiger partial charge on any atom is 0.0992 e. The zero-order valence-corrected chi connectivity index (χ0v) is 10.9. The van der Waals surface area contributed by atoms with E-state index in [0.717, 1.165) is 18.5 Å². The summed E-state index contributed by atoms with van der Waals surface area (Å²) in [5.41, 5.74) is 0.0572. The maximum absolute atomic E-state index is 10.3. The molecule has 1 aromatic rings. The monoisotopic (exact) mass is 253 g/mol. The van der Waals surface area contributed by atoms with Crippen LogP contribution in [0.1, 0.15) is 18.9 Å². The van der Waals surface area contributed by atoms with Crippen LogP contribution in [0.2, 0.25) is 0 Å². The van der Waals surface area contributed by atoms with E-state index >= 15 is 0 Å². The lowest BCUT2D eigenvalue weighted by atomic mass is 9.96. The largest absolute Gasteiger partial charge is 0.394 e. The zero-order chi connectivity index (χ0) is 13.3. The molecule has 1 rings (SSSR count). The van der Waals surface area contributed by atoms with Crippen LogP contribution in [-0.4, -0.2) is 43.1 Å². The Bertz CT molecular complexity index is 314. The summed E-state index contributed by atoms with van der Waals surface area (Å²) < 4.78 is 5.15. The van der Waals surface area contributed by atoms with Gasteiger partial charge in [-0.1, -0.05) is 30.3 Å². The van der Waals surface area contributed by atoms with E-state index in [1.54, 1.807) is 6.92 Å². The normalized spacial score (nSPS) is 14.4. The van der Waals surface area contributed by atoms with Crippen LogP contribution in [0.15, 0.2) is 30.3 Å². The van der Waals surface area contributed by atoms with E-state index in [9.17, 15) is 5.11 Å². The van der Waals surface area contributed by atoms with Crippen molar-refractivity contribution in [2.24, 2.45) is 0 Å². The Morgan fingerprint density at radius 2 is 1.94 bits per heavy atom. The van der Waals surface area contributed by atoms with E-state index in [1.165, 1.54) is 0 Å². The first kappa shape index (κ1) is 15.1. The number of nitrogens with one attached hydrogen (secondary N) is 1. The number of hydrogen-bond donors (Lipinski definition) is 3.